The highest BCUT2D eigenvalue weighted by Crippen LogP contribution is 2.45. The Labute approximate surface area is 632 Å². The predicted molar refractivity (Wildman–Crippen MR) is 423 cm³/mol. The van der Waals surface area contributed by atoms with Crippen molar-refractivity contribution in [3.05, 3.63) is 0 Å². The van der Waals surface area contributed by atoms with E-state index in [1.807, 2.05) is 0 Å². The number of phosphoric acid groups is 2. The number of phosphoric ester groups is 2. The SMILES string of the molecule is CCCCCCCCCCCCCCCCCCCCCC(=O)OC[C@H](COP(=O)(O)OC[C@@H](O)COP(=O)(O)OC[C@@H](COC(=O)CCCCCCCCC(C)C)OC(=O)CCCCCCCCCCCCCCCC)OC(=O)CCCCCCCCCCCCCCCCCCCCC(C)C. The lowest BCUT2D eigenvalue weighted by molar-refractivity contribution is -0.161. The van der Waals surface area contributed by atoms with Crippen molar-refractivity contribution in [3.63, 3.8) is 0 Å². The van der Waals surface area contributed by atoms with Gasteiger partial charge in [-0.2, -0.15) is 0 Å². The van der Waals surface area contributed by atoms with E-state index in [9.17, 15) is 43.2 Å². The number of aliphatic hydroxyl groups excluding tert-OH is 1. The van der Waals surface area contributed by atoms with Crippen LogP contribution in [0.15, 0.2) is 0 Å². The van der Waals surface area contributed by atoms with E-state index in [0.717, 1.165) is 102 Å². The number of carbonyl (C=O) groups excluding carboxylic acids is 4. The lowest BCUT2D eigenvalue weighted by Crippen LogP contribution is -2.30. The maximum absolute atomic E-state index is 13.1. The zero-order valence-corrected chi connectivity index (χ0v) is 69.4. The molecule has 0 aromatic rings. The highest BCUT2D eigenvalue weighted by atomic mass is 31.2. The highest BCUT2D eigenvalue weighted by Gasteiger charge is 2.30. The number of hydrogen-bond acceptors (Lipinski definition) is 15. The Balaban J connectivity index is 5.20. The molecule has 0 saturated carbocycles. The van der Waals surface area contributed by atoms with Gasteiger partial charge in [0.25, 0.3) is 0 Å². The fraction of sp³-hybridized carbons (Fsp3) is 0.952. The number of unbranched alkanes of at least 4 members (excludes halogenated alkanes) is 53. The number of esters is 4. The maximum Gasteiger partial charge on any atom is 0.472 e. The standard InChI is InChI=1S/C84H164O17P2/c1-7-9-11-13-15-17-19-21-23-24-25-29-32-36-39-43-47-54-60-66-81(86)94-72-79(100-83(88)69-63-57-49-45-41-37-33-30-27-26-28-31-34-38-42-46-52-58-64-76(3)4)74-98-102(90,91)96-70-78(85)71-97-103(92,93)99-75-80(73-95-82(87)67-61-55-51-50-53-59-65-77(5)6)101-84(89)68-62-56-48-44-40-35-22-20-18-16-14-12-10-8-2/h76-80,85H,7-75H2,1-6H3,(H,90,91)(H,92,93)/t78-,79-,80-/m1/s1. The maximum atomic E-state index is 13.1. The number of rotatable bonds is 83. The Morgan fingerprint density at radius 1 is 0.262 bits per heavy atom. The predicted octanol–water partition coefficient (Wildman–Crippen LogP) is 25.5. The number of aliphatic hydroxyl groups is 1. The molecule has 0 rings (SSSR count). The molecule has 0 aliphatic rings. The quantitative estimate of drug-likeness (QED) is 0.0222. The van der Waals surface area contributed by atoms with E-state index in [1.54, 1.807) is 0 Å². The first-order valence-electron chi connectivity index (χ1n) is 43.5. The van der Waals surface area contributed by atoms with Crippen LogP contribution in [0.1, 0.15) is 446 Å². The second kappa shape index (κ2) is 75.5. The van der Waals surface area contributed by atoms with E-state index in [2.05, 4.69) is 41.5 Å². The molecule has 0 aliphatic heterocycles. The zero-order valence-electron chi connectivity index (χ0n) is 67.6. The first-order valence-corrected chi connectivity index (χ1v) is 46.5. The summed E-state index contributed by atoms with van der Waals surface area (Å²) >= 11 is 0. The van der Waals surface area contributed by atoms with Gasteiger partial charge in [-0.15, -0.1) is 0 Å². The lowest BCUT2D eigenvalue weighted by Gasteiger charge is -2.21. The van der Waals surface area contributed by atoms with E-state index in [0.29, 0.717) is 31.6 Å². The van der Waals surface area contributed by atoms with Crippen LogP contribution in [0.2, 0.25) is 0 Å². The molecule has 0 saturated heterocycles. The molecule has 0 aromatic carbocycles. The van der Waals surface area contributed by atoms with Gasteiger partial charge in [-0.25, -0.2) is 9.13 Å². The number of carbonyl (C=O) groups is 4. The molecule has 0 bridgehead atoms. The minimum atomic E-state index is -4.96. The Morgan fingerprint density at radius 3 is 0.660 bits per heavy atom. The van der Waals surface area contributed by atoms with Gasteiger partial charge in [-0.3, -0.25) is 37.3 Å². The van der Waals surface area contributed by atoms with Crippen LogP contribution < -0.4 is 0 Å². The summed E-state index contributed by atoms with van der Waals surface area (Å²) in [6.45, 7) is 9.61. The van der Waals surface area contributed by atoms with Crippen molar-refractivity contribution in [2.45, 2.75) is 464 Å². The molecule has 612 valence electrons. The number of ether oxygens (including phenoxy) is 4. The molecule has 0 spiro atoms. The van der Waals surface area contributed by atoms with Crippen LogP contribution in [0.25, 0.3) is 0 Å². The summed E-state index contributed by atoms with van der Waals surface area (Å²) in [6, 6.07) is 0. The second-order valence-corrected chi connectivity index (χ2v) is 34.1. The normalized spacial score (nSPS) is 13.9. The first-order chi connectivity index (χ1) is 49.9. The van der Waals surface area contributed by atoms with Crippen LogP contribution in [0, 0.1) is 11.8 Å². The summed E-state index contributed by atoms with van der Waals surface area (Å²) in [5, 5.41) is 10.7. The summed E-state index contributed by atoms with van der Waals surface area (Å²) in [4.78, 5) is 73.1. The van der Waals surface area contributed by atoms with Gasteiger partial charge in [0.15, 0.2) is 12.2 Å². The van der Waals surface area contributed by atoms with Gasteiger partial charge >= 0.3 is 39.5 Å². The van der Waals surface area contributed by atoms with E-state index >= 15 is 0 Å². The molecule has 2 unspecified atom stereocenters. The summed E-state index contributed by atoms with van der Waals surface area (Å²) in [5.41, 5.74) is 0. The Bertz CT molecular complexity index is 1980. The summed E-state index contributed by atoms with van der Waals surface area (Å²) in [5.74, 6) is -0.607. The van der Waals surface area contributed by atoms with Crippen molar-refractivity contribution >= 4 is 39.5 Å². The average molecular weight is 1510 g/mol. The van der Waals surface area contributed by atoms with Crippen LogP contribution in [0.3, 0.4) is 0 Å². The third kappa shape index (κ3) is 78.0. The fourth-order valence-electron chi connectivity index (χ4n) is 13.1. The zero-order chi connectivity index (χ0) is 75.6. The third-order valence-corrected chi connectivity index (χ3v) is 21.6. The molecule has 19 heteroatoms. The molecule has 0 radical (unpaired) electrons. The van der Waals surface area contributed by atoms with Crippen molar-refractivity contribution in [2.24, 2.45) is 11.8 Å². The minimum absolute atomic E-state index is 0.107. The average Bonchev–Trinajstić information content (AvgIpc) is 0.911. The second-order valence-electron chi connectivity index (χ2n) is 31.2. The molecular formula is C84H164O17P2. The number of hydrogen-bond donors (Lipinski definition) is 3. The van der Waals surface area contributed by atoms with E-state index in [4.69, 9.17) is 37.0 Å². The van der Waals surface area contributed by atoms with Crippen LogP contribution in [-0.4, -0.2) is 96.7 Å². The van der Waals surface area contributed by atoms with Gasteiger partial charge in [-0.1, -0.05) is 395 Å². The molecular weight excluding hydrogens is 1340 g/mol. The topological polar surface area (TPSA) is 237 Å². The van der Waals surface area contributed by atoms with Crippen LogP contribution >= 0.6 is 15.6 Å². The molecule has 5 atom stereocenters. The van der Waals surface area contributed by atoms with Crippen LogP contribution in [-0.2, 0) is 65.4 Å². The van der Waals surface area contributed by atoms with E-state index < -0.39 is 97.5 Å². The van der Waals surface area contributed by atoms with Crippen LogP contribution in [0.4, 0.5) is 0 Å². The van der Waals surface area contributed by atoms with Crippen LogP contribution in [0.5, 0.6) is 0 Å². The van der Waals surface area contributed by atoms with Crippen molar-refractivity contribution in [2.75, 3.05) is 39.6 Å². The van der Waals surface area contributed by atoms with Crippen molar-refractivity contribution in [3.8, 4) is 0 Å². The lowest BCUT2D eigenvalue weighted by atomic mass is 10.0. The third-order valence-electron chi connectivity index (χ3n) is 19.7. The first kappa shape index (κ1) is 101. The Kier molecular flexibility index (Phi) is 74.1. The van der Waals surface area contributed by atoms with Gasteiger partial charge < -0.3 is 33.8 Å². The summed E-state index contributed by atoms with van der Waals surface area (Å²) < 4.78 is 68.8. The van der Waals surface area contributed by atoms with Gasteiger partial charge in [-0.05, 0) is 37.5 Å². The highest BCUT2D eigenvalue weighted by molar-refractivity contribution is 7.47. The largest absolute Gasteiger partial charge is 0.472 e. The van der Waals surface area contributed by atoms with Crippen molar-refractivity contribution in [1.82, 2.24) is 0 Å². The fourth-order valence-corrected chi connectivity index (χ4v) is 14.6. The minimum Gasteiger partial charge on any atom is -0.462 e. The van der Waals surface area contributed by atoms with Gasteiger partial charge in [0.1, 0.15) is 19.3 Å². The molecule has 0 amide bonds. The van der Waals surface area contributed by atoms with Crippen molar-refractivity contribution < 1.29 is 80.2 Å². The van der Waals surface area contributed by atoms with Crippen molar-refractivity contribution in [1.29, 1.82) is 0 Å². The van der Waals surface area contributed by atoms with Gasteiger partial charge in [0.05, 0.1) is 26.4 Å². The Morgan fingerprint density at radius 2 is 0.447 bits per heavy atom. The molecule has 0 fully saturated rings. The molecule has 0 aromatic heterocycles. The Hall–Kier alpha value is -1.94. The molecule has 17 nitrogen and oxygen atoms in total. The molecule has 0 heterocycles. The smallest absolute Gasteiger partial charge is 0.462 e. The monoisotopic (exact) mass is 1510 g/mol. The summed E-state index contributed by atoms with van der Waals surface area (Å²) in [6.07, 6.45) is 66.9. The molecule has 103 heavy (non-hydrogen) atoms. The van der Waals surface area contributed by atoms with Gasteiger partial charge in [0.2, 0.25) is 0 Å². The molecule has 0 aliphatic carbocycles. The molecule has 3 N–H and O–H groups in total. The summed E-state index contributed by atoms with van der Waals surface area (Å²) in [7, 11) is -9.92. The van der Waals surface area contributed by atoms with E-state index in [-0.39, 0.29) is 25.7 Å². The van der Waals surface area contributed by atoms with E-state index in [1.165, 1.54) is 257 Å². The van der Waals surface area contributed by atoms with Gasteiger partial charge in [0, 0.05) is 25.7 Å².